The molecule has 0 N–H and O–H groups in total. The Balaban J connectivity index is 2.51. The zero-order valence-electron chi connectivity index (χ0n) is 7.72. The molecule has 0 atom stereocenters. The standard InChI is InChI=1S/C10H10ClFO2/c1-7(13)14-5-4-8-2-3-10(12)9(11)6-8/h2-3,6H,4-5H2,1H3. The fourth-order valence-electron chi connectivity index (χ4n) is 1.01. The van der Waals surface area contributed by atoms with Crippen LogP contribution in [0.15, 0.2) is 18.2 Å². The van der Waals surface area contributed by atoms with Gasteiger partial charge in [0.05, 0.1) is 11.6 Å². The van der Waals surface area contributed by atoms with Crippen molar-refractivity contribution in [1.29, 1.82) is 0 Å². The Morgan fingerprint density at radius 2 is 2.29 bits per heavy atom. The molecule has 2 nitrogen and oxygen atoms in total. The maximum absolute atomic E-state index is 12.7. The molecule has 76 valence electrons. The Morgan fingerprint density at radius 3 is 2.86 bits per heavy atom. The van der Waals surface area contributed by atoms with Crippen molar-refractivity contribution in [1.82, 2.24) is 0 Å². The normalized spacial score (nSPS) is 9.93. The van der Waals surface area contributed by atoms with Gasteiger partial charge in [0.2, 0.25) is 0 Å². The van der Waals surface area contributed by atoms with E-state index in [-0.39, 0.29) is 17.6 Å². The molecule has 0 amide bonds. The van der Waals surface area contributed by atoms with Gasteiger partial charge in [0, 0.05) is 13.3 Å². The van der Waals surface area contributed by atoms with Gasteiger partial charge in [0.15, 0.2) is 0 Å². The zero-order chi connectivity index (χ0) is 10.6. The molecule has 0 spiro atoms. The van der Waals surface area contributed by atoms with Crippen LogP contribution < -0.4 is 0 Å². The van der Waals surface area contributed by atoms with Crippen LogP contribution in [0.5, 0.6) is 0 Å². The molecule has 0 saturated heterocycles. The second-order valence-electron chi connectivity index (χ2n) is 2.84. The Morgan fingerprint density at radius 1 is 1.57 bits per heavy atom. The third kappa shape index (κ3) is 3.34. The van der Waals surface area contributed by atoms with Gasteiger partial charge in [-0.05, 0) is 17.7 Å². The van der Waals surface area contributed by atoms with Crippen molar-refractivity contribution in [3.63, 3.8) is 0 Å². The number of rotatable bonds is 3. The van der Waals surface area contributed by atoms with Crippen LogP contribution >= 0.6 is 11.6 Å². The maximum Gasteiger partial charge on any atom is 0.302 e. The van der Waals surface area contributed by atoms with E-state index in [1.807, 2.05) is 0 Å². The number of hydrogen-bond acceptors (Lipinski definition) is 2. The number of ether oxygens (including phenoxy) is 1. The highest BCUT2D eigenvalue weighted by atomic mass is 35.5. The number of hydrogen-bond donors (Lipinski definition) is 0. The van der Waals surface area contributed by atoms with Crippen molar-refractivity contribution >= 4 is 17.6 Å². The van der Waals surface area contributed by atoms with E-state index in [4.69, 9.17) is 16.3 Å². The van der Waals surface area contributed by atoms with Crippen LogP contribution in [0, 0.1) is 5.82 Å². The van der Waals surface area contributed by atoms with Crippen LogP contribution in [-0.2, 0) is 16.0 Å². The molecule has 1 rings (SSSR count). The van der Waals surface area contributed by atoms with Crippen LogP contribution in [0.4, 0.5) is 4.39 Å². The minimum absolute atomic E-state index is 0.0883. The Bertz CT molecular complexity index is 339. The van der Waals surface area contributed by atoms with Crippen molar-refractivity contribution in [2.24, 2.45) is 0 Å². The van der Waals surface area contributed by atoms with Crippen LogP contribution in [0.3, 0.4) is 0 Å². The summed E-state index contributed by atoms with van der Waals surface area (Å²) >= 11 is 5.57. The fraction of sp³-hybridized carbons (Fsp3) is 0.300. The molecule has 1 aromatic carbocycles. The van der Waals surface area contributed by atoms with Gasteiger partial charge >= 0.3 is 5.97 Å². The molecule has 1 aromatic rings. The summed E-state index contributed by atoms with van der Waals surface area (Å²) in [6.07, 6.45) is 0.541. The summed E-state index contributed by atoms with van der Waals surface area (Å²) in [5, 5.41) is 0.0883. The molecule has 0 fully saturated rings. The Hall–Kier alpha value is -1.09. The number of halogens is 2. The minimum Gasteiger partial charge on any atom is -0.466 e. The maximum atomic E-state index is 12.7. The number of benzene rings is 1. The van der Waals surface area contributed by atoms with Crippen LogP contribution in [0.25, 0.3) is 0 Å². The van der Waals surface area contributed by atoms with Crippen molar-refractivity contribution in [3.05, 3.63) is 34.6 Å². The van der Waals surface area contributed by atoms with Gasteiger partial charge < -0.3 is 4.74 Å². The van der Waals surface area contributed by atoms with E-state index < -0.39 is 5.82 Å². The smallest absolute Gasteiger partial charge is 0.302 e. The molecule has 4 heteroatoms. The first-order valence-corrected chi connectivity index (χ1v) is 4.54. The molecule has 14 heavy (non-hydrogen) atoms. The Labute approximate surface area is 86.6 Å². The molecule has 0 heterocycles. The first kappa shape index (κ1) is 11.0. The molecular weight excluding hydrogens is 207 g/mol. The first-order valence-electron chi connectivity index (χ1n) is 4.17. The number of carbonyl (C=O) groups excluding carboxylic acids is 1. The van der Waals surface area contributed by atoms with Crippen molar-refractivity contribution in [3.8, 4) is 0 Å². The van der Waals surface area contributed by atoms with E-state index in [1.165, 1.54) is 19.1 Å². The van der Waals surface area contributed by atoms with Crippen molar-refractivity contribution in [2.45, 2.75) is 13.3 Å². The molecule has 0 bridgehead atoms. The van der Waals surface area contributed by atoms with Crippen LogP contribution in [0.2, 0.25) is 5.02 Å². The predicted molar refractivity (Wildman–Crippen MR) is 51.7 cm³/mol. The molecule has 0 aliphatic heterocycles. The summed E-state index contributed by atoms with van der Waals surface area (Å²) in [5.74, 6) is -0.763. The SMILES string of the molecule is CC(=O)OCCc1ccc(F)c(Cl)c1. The van der Waals surface area contributed by atoms with Gasteiger partial charge in [-0.1, -0.05) is 17.7 Å². The lowest BCUT2D eigenvalue weighted by Gasteiger charge is -2.03. The lowest BCUT2D eigenvalue weighted by Crippen LogP contribution is -2.03. The summed E-state index contributed by atoms with van der Waals surface area (Å²) in [5.41, 5.74) is 0.845. The van der Waals surface area contributed by atoms with Gasteiger partial charge in [-0.25, -0.2) is 4.39 Å². The predicted octanol–water partition coefficient (Wildman–Crippen LogP) is 2.58. The molecular formula is C10H10ClFO2. The molecule has 0 radical (unpaired) electrons. The summed E-state index contributed by atoms with van der Waals surface area (Å²) in [4.78, 5) is 10.4. The monoisotopic (exact) mass is 216 g/mol. The summed E-state index contributed by atoms with van der Waals surface area (Å²) in [6.45, 7) is 1.63. The van der Waals surface area contributed by atoms with E-state index in [0.717, 1.165) is 5.56 Å². The van der Waals surface area contributed by atoms with Gasteiger partial charge in [-0.2, -0.15) is 0 Å². The second kappa shape index (κ2) is 4.96. The van der Waals surface area contributed by atoms with Crippen molar-refractivity contribution in [2.75, 3.05) is 6.61 Å². The highest BCUT2D eigenvalue weighted by Gasteiger charge is 2.01. The van der Waals surface area contributed by atoms with E-state index in [9.17, 15) is 9.18 Å². The lowest BCUT2D eigenvalue weighted by molar-refractivity contribution is -0.140. The van der Waals surface area contributed by atoms with Crippen LogP contribution in [-0.4, -0.2) is 12.6 Å². The fourth-order valence-corrected chi connectivity index (χ4v) is 1.21. The zero-order valence-corrected chi connectivity index (χ0v) is 8.47. The Kier molecular flexibility index (Phi) is 3.89. The van der Waals surface area contributed by atoms with Crippen molar-refractivity contribution < 1.29 is 13.9 Å². The molecule has 0 aliphatic rings. The highest BCUT2D eigenvalue weighted by molar-refractivity contribution is 6.30. The van der Waals surface area contributed by atoms with E-state index >= 15 is 0 Å². The van der Waals surface area contributed by atoms with Crippen LogP contribution in [0.1, 0.15) is 12.5 Å². The summed E-state index contributed by atoms with van der Waals surface area (Å²) in [6, 6.07) is 4.44. The summed E-state index contributed by atoms with van der Waals surface area (Å²) in [7, 11) is 0. The largest absolute Gasteiger partial charge is 0.466 e. The van der Waals surface area contributed by atoms with Gasteiger partial charge in [0.1, 0.15) is 5.82 Å². The molecule has 0 aliphatic carbocycles. The lowest BCUT2D eigenvalue weighted by atomic mass is 10.1. The van der Waals surface area contributed by atoms with Gasteiger partial charge in [-0.15, -0.1) is 0 Å². The van der Waals surface area contributed by atoms with Gasteiger partial charge in [-0.3, -0.25) is 4.79 Å². The summed E-state index contributed by atoms with van der Waals surface area (Å²) < 4.78 is 17.5. The van der Waals surface area contributed by atoms with E-state index in [2.05, 4.69) is 0 Å². The third-order valence-corrected chi connectivity index (χ3v) is 1.97. The quantitative estimate of drug-likeness (QED) is 0.726. The molecule has 0 aromatic heterocycles. The van der Waals surface area contributed by atoms with E-state index in [0.29, 0.717) is 6.42 Å². The molecule has 0 unspecified atom stereocenters. The van der Waals surface area contributed by atoms with Gasteiger partial charge in [0.25, 0.3) is 0 Å². The highest BCUT2D eigenvalue weighted by Crippen LogP contribution is 2.16. The molecule has 0 saturated carbocycles. The van der Waals surface area contributed by atoms with E-state index in [1.54, 1.807) is 6.07 Å². The minimum atomic E-state index is -0.442. The second-order valence-corrected chi connectivity index (χ2v) is 3.25. The number of carbonyl (C=O) groups is 1. The third-order valence-electron chi connectivity index (χ3n) is 1.68. The number of esters is 1. The first-order chi connectivity index (χ1) is 6.59. The average Bonchev–Trinajstić information content (AvgIpc) is 2.10. The average molecular weight is 217 g/mol. The topological polar surface area (TPSA) is 26.3 Å².